The van der Waals surface area contributed by atoms with Crippen molar-refractivity contribution in [2.45, 2.75) is 13.8 Å². The first-order valence-corrected chi connectivity index (χ1v) is 5.70. The molecular weight excluding hydrogens is 216 g/mol. The smallest absolute Gasteiger partial charge is 0.145 e. The summed E-state index contributed by atoms with van der Waals surface area (Å²) in [5, 5.41) is 0.820. The zero-order chi connectivity index (χ0) is 12.3. The van der Waals surface area contributed by atoms with E-state index in [-0.39, 0.29) is 0 Å². The van der Waals surface area contributed by atoms with Crippen LogP contribution >= 0.6 is 0 Å². The predicted octanol–water partition coefficient (Wildman–Crippen LogP) is 2.61. The van der Waals surface area contributed by atoms with Crippen molar-refractivity contribution in [2.75, 3.05) is 18.9 Å². The Hall–Kier alpha value is -1.97. The molecule has 0 saturated heterocycles. The average Bonchev–Trinajstić information content (AvgIpc) is 2.33. The SMILES string of the molecule is CCOc1ccc(OCC)c2c(N)ccnc12. The number of anilines is 1. The number of hydrogen-bond acceptors (Lipinski definition) is 4. The Morgan fingerprint density at radius 2 is 1.71 bits per heavy atom. The Morgan fingerprint density at radius 3 is 2.41 bits per heavy atom. The quantitative estimate of drug-likeness (QED) is 0.880. The minimum Gasteiger partial charge on any atom is -0.493 e. The van der Waals surface area contributed by atoms with Crippen LogP contribution in [-0.4, -0.2) is 18.2 Å². The summed E-state index contributed by atoms with van der Waals surface area (Å²) in [6.07, 6.45) is 1.68. The van der Waals surface area contributed by atoms with Gasteiger partial charge in [0, 0.05) is 11.9 Å². The van der Waals surface area contributed by atoms with Gasteiger partial charge in [-0.1, -0.05) is 0 Å². The summed E-state index contributed by atoms with van der Waals surface area (Å²) in [6.45, 7) is 5.07. The minimum absolute atomic E-state index is 0.595. The molecule has 0 radical (unpaired) electrons. The maximum atomic E-state index is 5.98. The van der Waals surface area contributed by atoms with Gasteiger partial charge in [-0.25, -0.2) is 0 Å². The van der Waals surface area contributed by atoms with Gasteiger partial charge in [-0.05, 0) is 32.0 Å². The molecule has 0 amide bonds. The van der Waals surface area contributed by atoms with Crippen molar-refractivity contribution in [1.82, 2.24) is 4.98 Å². The normalized spacial score (nSPS) is 10.5. The van der Waals surface area contributed by atoms with Gasteiger partial charge in [-0.15, -0.1) is 0 Å². The molecular formula is C13H16N2O2. The van der Waals surface area contributed by atoms with Crippen LogP contribution in [0.2, 0.25) is 0 Å². The first-order chi connectivity index (χ1) is 8.27. The summed E-state index contributed by atoms with van der Waals surface area (Å²) >= 11 is 0. The molecule has 0 aliphatic rings. The van der Waals surface area contributed by atoms with E-state index in [4.69, 9.17) is 15.2 Å². The molecule has 0 saturated carbocycles. The largest absolute Gasteiger partial charge is 0.493 e. The van der Waals surface area contributed by atoms with Gasteiger partial charge in [0.05, 0.1) is 18.6 Å². The number of nitrogens with two attached hydrogens (primary N) is 1. The number of pyridine rings is 1. The highest BCUT2D eigenvalue weighted by atomic mass is 16.5. The van der Waals surface area contributed by atoms with E-state index in [1.165, 1.54) is 0 Å². The van der Waals surface area contributed by atoms with Crippen molar-refractivity contribution in [3.8, 4) is 11.5 Å². The van der Waals surface area contributed by atoms with Gasteiger partial charge >= 0.3 is 0 Å². The maximum Gasteiger partial charge on any atom is 0.145 e. The van der Waals surface area contributed by atoms with Gasteiger partial charge in [0.2, 0.25) is 0 Å². The fraction of sp³-hybridized carbons (Fsp3) is 0.308. The van der Waals surface area contributed by atoms with Crippen LogP contribution in [0.3, 0.4) is 0 Å². The molecule has 2 N–H and O–H groups in total. The Morgan fingerprint density at radius 1 is 1.06 bits per heavy atom. The molecule has 2 aromatic rings. The molecule has 1 heterocycles. The molecule has 90 valence electrons. The van der Waals surface area contributed by atoms with E-state index >= 15 is 0 Å². The second-order valence-corrected chi connectivity index (χ2v) is 3.55. The van der Waals surface area contributed by atoms with Crippen molar-refractivity contribution in [3.63, 3.8) is 0 Å². The third-order valence-electron chi connectivity index (χ3n) is 2.45. The minimum atomic E-state index is 0.595. The molecule has 0 unspecified atom stereocenters. The van der Waals surface area contributed by atoms with Crippen molar-refractivity contribution >= 4 is 16.6 Å². The number of benzene rings is 1. The third-order valence-corrected chi connectivity index (χ3v) is 2.45. The van der Waals surface area contributed by atoms with Crippen molar-refractivity contribution in [2.24, 2.45) is 0 Å². The zero-order valence-corrected chi connectivity index (χ0v) is 10.1. The van der Waals surface area contributed by atoms with Crippen LogP contribution in [0.1, 0.15) is 13.8 Å². The standard InChI is InChI=1S/C13H16N2O2/c1-3-16-10-5-6-11(17-4-2)13-12(10)9(14)7-8-15-13/h5-8H,3-4H2,1-2H3,(H2,14,15). The van der Waals surface area contributed by atoms with E-state index in [0.29, 0.717) is 18.9 Å². The number of hydrogen-bond donors (Lipinski definition) is 1. The Labute approximate surface area is 100 Å². The van der Waals surface area contributed by atoms with Crippen molar-refractivity contribution in [3.05, 3.63) is 24.4 Å². The van der Waals surface area contributed by atoms with Gasteiger partial charge in [-0.2, -0.15) is 0 Å². The van der Waals surface area contributed by atoms with Crippen molar-refractivity contribution in [1.29, 1.82) is 0 Å². The van der Waals surface area contributed by atoms with Gasteiger partial charge in [0.1, 0.15) is 17.0 Å². The summed E-state index contributed by atoms with van der Waals surface area (Å²) in [5.41, 5.74) is 7.38. The lowest BCUT2D eigenvalue weighted by molar-refractivity contribution is 0.336. The molecule has 1 aromatic carbocycles. The highest BCUT2D eigenvalue weighted by molar-refractivity contribution is 5.98. The highest BCUT2D eigenvalue weighted by Crippen LogP contribution is 2.35. The summed E-state index contributed by atoms with van der Waals surface area (Å²) in [5.74, 6) is 1.48. The third kappa shape index (κ3) is 2.11. The number of ether oxygens (including phenoxy) is 2. The molecule has 0 atom stereocenters. The molecule has 2 rings (SSSR count). The van der Waals surface area contributed by atoms with Crippen LogP contribution < -0.4 is 15.2 Å². The summed E-state index contributed by atoms with van der Waals surface area (Å²) in [6, 6.07) is 5.50. The Balaban J connectivity index is 2.67. The fourth-order valence-corrected chi connectivity index (χ4v) is 1.78. The van der Waals surface area contributed by atoms with Crippen LogP contribution in [0.15, 0.2) is 24.4 Å². The van der Waals surface area contributed by atoms with E-state index < -0.39 is 0 Å². The van der Waals surface area contributed by atoms with Crippen LogP contribution in [0.4, 0.5) is 5.69 Å². The lowest BCUT2D eigenvalue weighted by Gasteiger charge is -2.12. The van der Waals surface area contributed by atoms with E-state index in [1.54, 1.807) is 12.3 Å². The van der Waals surface area contributed by atoms with Gasteiger partial charge < -0.3 is 15.2 Å². The molecule has 4 nitrogen and oxygen atoms in total. The molecule has 17 heavy (non-hydrogen) atoms. The lowest BCUT2D eigenvalue weighted by Crippen LogP contribution is -1.99. The molecule has 0 fully saturated rings. The Kier molecular flexibility index (Phi) is 3.32. The van der Waals surface area contributed by atoms with Gasteiger partial charge in [0.15, 0.2) is 0 Å². The summed E-state index contributed by atoms with van der Waals surface area (Å²) < 4.78 is 11.1. The van der Waals surface area contributed by atoms with E-state index in [9.17, 15) is 0 Å². The first kappa shape index (κ1) is 11.5. The fourth-order valence-electron chi connectivity index (χ4n) is 1.78. The lowest BCUT2D eigenvalue weighted by atomic mass is 10.1. The molecule has 1 aromatic heterocycles. The number of rotatable bonds is 4. The summed E-state index contributed by atoms with van der Waals surface area (Å²) in [7, 11) is 0. The molecule has 0 bridgehead atoms. The van der Waals surface area contributed by atoms with Crippen LogP contribution in [0, 0.1) is 0 Å². The van der Waals surface area contributed by atoms with Crippen molar-refractivity contribution < 1.29 is 9.47 Å². The van der Waals surface area contributed by atoms with Gasteiger partial charge in [-0.3, -0.25) is 4.98 Å². The highest BCUT2D eigenvalue weighted by Gasteiger charge is 2.11. The second kappa shape index (κ2) is 4.91. The van der Waals surface area contributed by atoms with E-state index in [0.717, 1.165) is 22.4 Å². The van der Waals surface area contributed by atoms with E-state index in [1.807, 2.05) is 26.0 Å². The number of nitrogens with zero attached hydrogens (tertiary/aromatic N) is 1. The maximum absolute atomic E-state index is 5.98. The topological polar surface area (TPSA) is 57.4 Å². The van der Waals surface area contributed by atoms with Gasteiger partial charge in [0.25, 0.3) is 0 Å². The molecule has 0 aliphatic heterocycles. The monoisotopic (exact) mass is 232 g/mol. The molecule has 0 spiro atoms. The Bertz CT molecular complexity index is 526. The predicted molar refractivity (Wildman–Crippen MR) is 68.5 cm³/mol. The van der Waals surface area contributed by atoms with Crippen LogP contribution in [0.5, 0.6) is 11.5 Å². The summed E-state index contributed by atoms with van der Waals surface area (Å²) in [4.78, 5) is 4.32. The molecule has 0 aliphatic carbocycles. The first-order valence-electron chi connectivity index (χ1n) is 5.70. The number of nitrogen functional groups attached to an aromatic ring is 1. The van der Waals surface area contributed by atoms with Crippen LogP contribution in [-0.2, 0) is 0 Å². The van der Waals surface area contributed by atoms with E-state index in [2.05, 4.69) is 4.98 Å². The van der Waals surface area contributed by atoms with Crippen LogP contribution in [0.25, 0.3) is 10.9 Å². The second-order valence-electron chi connectivity index (χ2n) is 3.55. The molecule has 4 heteroatoms. The number of fused-ring (bicyclic) bond motifs is 1. The average molecular weight is 232 g/mol. The zero-order valence-electron chi connectivity index (χ0n) is 10.1. The number of aromatic nitrogens is 1.